The van der Waals surface area contributed by atoms with E-state index in [1.165, 1.54) is 12.0 Å². The average molecular weight is 603 g/mol. The van der Waals surface area contributed by atoms with Crippen molar-refractivity contribution in [2.24, 2.45) is 0 Å². The van der Waals surface area contributed by atoms with Gasteiger partial charge < -0.3 is 29.2 Å². The fourth-order valence-corrected chi connectivity index (χ4v) is 5.10. The van der Waals surface area contributed by atoms with Gasteiger partial charge in [0.25, 0.3) is 0 Å². The van der Waals surface area contributed by atoms with E-state index in [9.17, 15) is 14.4 Å². The Morgan fingerprint density at radius 2 is 1.48 bits per heavy atom. The SMILES string of the molecule is CO[C@H](c1ccc(OCc2ccccc2)cc1)[C@@H](NC(=O)OC(C)(C)C)C(=O)N1CCCC[C@H]1C(=O)OCc1ccccc1. The van der Waals surface area contributed by atoms with Crippen LogP contribution in [0.3, 0.4) is 0 Å². The van der Waals surface area contributed by atoms with Crippen LogP contribution in [-0.2, 0) is 37.0 Å². The fraction of sp³-hybridized carbons (Fsp3) is 0.400. The molecule has 1 fully saturated rings. The number of carbonyl (C=O) groups is 3. The van der Waals surface area contributed by atoms with Crippen LogP contribution in [0, 0.1) is 0 Å². The zero-order valence-corrected chi connectivity index (χ0v) is 25.9. The lowest BCUT2D eigenvalue weighted by molar-refractivity contribution is -0.160. The van der Waals surface area contributed by atoms with Crippen molar-refractivity contribution in [2.75, 3.05) is 13.7 Å². The third-order valence-corrected chi connectivity index (χ3v) is 7.23. The molecule has 0 radical (unpaired) electrons. The number of likely N-dealkylation sites (tertiary alicyclic amines) is 1. The predicted molar refractivity (Wildman–Crippen MR) is 166 cm³/mol. The highest BCUT2D eigenvalue weighted by atomic mass is 16.6. The largest absolute Gasteiger partial charge is 0.489 e. The molecule has 1 aliphatic heterocycles. The Labute approximate surface area is 259 Å². The fourth-order valence-electron chi connectivity index (χ4n) is 5.10. The molecule has 0 bridgehead atoms. The van der Waals surface area contributed by atoms with Gasteiger partial charge in [0, 0.05) is 13.7 Å². The monoisotopic (exact) mass is 602 g/mol. The van der Waals surface area contributed by atoms with E-state index >= 15 is 0 Å². The summed E-state index contributed by atoms with van der Waals surface area (Å²) in [6, 6.07) is 24.5. The molecule has 0 aromatic heterocycles. The van der Waals surface area contributed by atoms with Crippen molar-refractivity contribution in [3.63, 3.8) is 0 Å². The summed E-state index contributed by atoms with van der Waals surface area (Å²) >= 11 is 0. The van der Waals surface area contributed by atoms with E-state index in [0.29, 0.717) is 30.9 Å². The molecule has 9 heteroatoms. The number of carbonyl (C=O) groups excluding carboxylic acids is 3. The van der Waals surface area contributed by atoms with Crippen molar-refractivity contribution in [2.45, 2.75) is 77.0 Å². The number of nitrogens with one attached hydrogen (secondary N) is 1. The number of piperidine rings is 1. The van der Waals surface area contributed by atoms with Crippen molar-refractivity contribution in [1.82, 2.24) is 10.2 Å². The second-order valence-electron chi connectivity index (χ2n) is 11.8. The van der Waals surface area contributed by atoms with Gasteiger partial charge >= 0.3 is 12.1 Å². The third-order valence-electron chi connectivity index (χ3n) is 7.23. The average Bonchev–Trinajstić information content (AvgIpc) is 3.03. The molecule has 0 aliphatic carbocycles. The van der Waals surface area contributed by atoms with Gasteiger partial charge in [-0.25, -0.2) is 9.59 Å². The first kappa shape index (κ1) is 32.5. The molecule has 0 saturated carbocycles. The molecule has 3 atom stereocenters. The van der Waals surface area contributed by atoms with E-state index in [2.05, 4.69) is 5.32 Å². The molecule has 2 amide bonds. The molecule has 3 aromatic carbocycles. The number of amides is 2. The Morgan fingerprint density at radius 3 is 2.07 bits per heavy atom. The van der Waals surface area contributed by atoms with E-state index in [-0.39, 0.29) is 6.61 Å². The van der Waals surface area contributed by atoms with Crippen LogP contribution in [0.5, 0.6) is 5.75 Å². The molecule has 0 unspecified atom stereocenters. The summed E-state index contributed by atoms with van der Waals surface area (Å²) in [6.07, 6.45) is 0.321. The molecule has 1 N–H and O–H groups in total. The lowest BCUT2D eigenvalue weighted by Crippen LogP contribution is -2.58. The van der Waals surface area contributed by atoms with Gasteiger partial charge in [0.2, 0.25) is 5.91 Å². The predicted octanol–water partition coefficient (Wildman–Crippen LogP) is 5.97. The highest BCUT2D eigenvalue weighted by molar-refractivity contribution is 5.90. The number of rotatable bonds is 11. The van der Waals surface area contributed by atoms with E-state index < -0.39 is 41.8 Å². The summed E-state index contributed by atoms with van der Waals surface area (Å²) < 4.78 is 22.9. The third kappa shape index (κ3) is 9.31. The lowest BCUT2D eigenvalue weighted by atomic mass is 9.96. The minimum absolute atomic E-state index is 0.108. The molecule has 9 nitrogen and oxygen atoms in total. The second-order valence-corrected chi connectivity index (χ2v) is 11.8. The van der Waals surface area contributed by atoms with Crippen molar-refractivity contribution in [1.29, 1.82) is 0 Å². The van der Waals surface area contributed by atoms with Crippen molar-refractivity contribution in [3.05, 3.63) is 102 Å². The normalized spacial score (nSPS) is 16.4. The molecule has 1 saturated heterocycles. The maximum Gasteiger partial charge on any atom is 0.408 e. The number of nitrogens with zero attached hydrogens (tertiary/aromatic N) is 1. The minimum Gasteiger partial charge on any atom is -0.489 e. The van der Waals surface area contributed by atoms with Crippen LogP contribution in [0.2, 0.25) is 0 Å². The molecule has 0 spiro atoms. The number of benzene rings is 3. The Morgan fingerprint density at radius 1 is 0.864 bits per heavy atom. The topological polar surface area (TPSA) is 103 Å². The first-order chi connectivity index (χ1) is 21.1. The first-order valence-electron chi connectivity index (χ1n) is 14.9. The van der Waals surface area contributed by atoms with Gasteiger partial charge in [0.1, 0.15) is 42.8 Å². The summed E-state index contributed by atoms with van der Waals surface area (Å²) in [5, 5.41) is 2.74. The summed E-state index contributed by atoms with van der Waals surface area (Å²) in [5.74, 6) is -0.284. The second kappa shape index (κ2) is 15.4. The molecule has 4 rings (SSSR count). The van der Waals surface area contributed by atoms with Gasteiger partial charge in [-0.05, 0) is 68.9 Å². The summed E-state index contributed by atoms with van der Waals surface area (Å²) in [5.41, 5.74) is 1.76. The molecule has 1 aliphatic rings. The maximum absolute atomic E-state index is 14.2. The van der Waals surface area contributed by atoms with Crippen LogP contribution in [0.4, 0.5) is 4.79 Å². The summed E-state index contributed by atoms with van der Waals surface area (Å²) in [6.45, 7) is 6.10. The van der Waals surface area contributed by atoms with Gasteiger partial charge in [-0.2, -0.15) is 0 Å². The van der Waals surface area contributed by atoms with Gasteiger partial charge in [-0.3, -0.25) is 4.79 Å². The van der Waals surface area contributed by atoms with Crippen LogP contribution in [0.1, 0.15) is 62.8 Å². The van der Waals surface area contributed by atoms with Gasteiger partial charge in [0.05, 0.1) is 0 Å². The first-order valence-corrected chi connectivity index (χ1v) is 14.9. The smallest absolute Gasteiger partial charge is 0.408 e. The Bertz CT molecular complexity index is 1360. The zero-order chi connectivity index (χ0) is 31.5. The standard InChI is InChI=1S/C35H42N2O7/c1-35(2,3)44-34(40)36-30(31(41-4)27-18-20-28(21-19-27)42-23-25-13-7-5-8-14-25)32(38)37-22-12-11-17-29(37)33(39)43-24-26-15-9-6-10-16-26/h5-10,13-16,18-21,29-31H,11-12,17,22-24H2,1-4H3,(H,36,40)/t29-,30+,31+/m0/s1. The Hall–Kier alpha value is -4.37. The van der Waals surface area contributed by atoms with Crippen LogP contribution in [-0.4, -0.2) is 54.2 Å². The van der Waals surface area contributed by atoms with E-state index in [1.54, 1.807) is 45.0 Å². The quantitative estimate of drug-likeness (QED) is 0.270. The molecular formula is C35H42N2O7. The number of methoxy groups -OCH3 is 1. The van der Waals surface area contributed by atoms with E-state index in [1.807, 2.05) is 60.7 Å². The molecule has 1 heterocycles. The van der Waals surface area contributed by atoms with E-state index in [4.69, 9.17) is 18.9 Å². The number of hydrogen-bond donors (Lipinski definition) is 1. The maximum atomic E-state index is 14.2. The van der Waals surface area contributed by atoms with Gasteiger partial charge in [-0.15, -0.1) is 0 Å². The van der Waals surface area contributed by atoms with Crippen LogP contribution < -0.4 is 10.1 Å². The van der Waals surface area contributed by atoms with Crippen LogP contribution >= 0.6 is 0 Å². The molecular weight excluding hydrogens is 560 g/mol. The van der Waals surface area contributed by atoms with Gasteiger partial charge in [-0.1, -0.05) is 72.8 Å². The van der Waals surface area contributed by atoms with Gasteiger partial charge in [0.15, 0.2) is 0 Å². The Balaban J connectivity index is 1.54. The van der Waals surface area contributed by atoms with Crippen molar-refractivity contribution >= 4 is 18.0 Å². The highest BCUT2D eigenvalue weighted by Crippen LogP contribution is 2.28. The van der Waals surface area contributed by atoms with Crippen LogP contribution in [0.25, 0.3) is 0 Å². The minimum atomic E-state index is -1.17. The van der Waals surface area contributed by atoms with Crippen LogP contribution in [0.15, 0.2) is 84.9 Å². The molecule has 44 heavy (non-hydrogen) atoms. The lowest BCUT2D eigenvalue weighted by Gasteiger charge is -2.38. The van der Waals surface area contributed by atoms with Crippen molar-refractivity contribution in [3.8, 4) is 5.75 Å². The number of hydrogen-bond acceptors (Lipinski definition) is 7. The Kier molecular flexibility index (Phi) is 11.4. The number of ether oxygens (including phenoxy) is 4. The summed E-state index contributed by atoms with van der Waals surface area (Å²) in [7, 11) is 1.48. The van der Waals surface area contributed by atoms with Crippen molar-refractivity contribution < 1.29 is 33.3 Å². The van der Waals surface area contributed by atoms with E-state index in [0.717, 1.165) is 24.0 Å². The zero-order valence-electron chi connectivity index (χ0n) is 25.9. The summed E-state index contributed by atoms with van der Waals surface area (Å²) in [4.78, 5) is 42.0. The molecule has 234 valence electrons. The number of alkyl carbamates (subject to hydrolysis) is 1. The molecule has 3 aromatic rings. The highest BCUT2D eigenvalue weighted by Gasteiger charge is 2.41. The number of esters is 1.